The van der Waals surface area contributed by atoms with Crippen LogP contribution in [0, 0.1) is 0 Å². The molecule has 126 valence electrons. The molecular formula is C16H17BrN4O2S. The molecule has 0 bridgehead atoms. The molecule has 24 heavy (non-hydrogen) atoms. The summed E-state index contributed by atoms with van der Waals surface area (Å²) in [4.78, 5) is 27.6. The summed E-state index contributed by atoms with van der Waals surface area (Å²) in [5.41, 5.74) is 0.152. The molecule has 0 N–H and O–H groups in total. The quantitative estimate of drug-likeness (QED) is 0.670. The van der Waals surface area contributed by atoms with Crippen molar-refractivity contribution in [1.82, 2.24) is 14.8 Å². The molecule has 0 saturated carbocycles. The molecular weight excluding hydrogens is 392 g/mol. The summed E-state index contributed by atoms with van der Waals surface area (Å²) in [6.45, 7) is 6.70. The lowest BCUT2D eigenvalue weighted by molar-refractivity contribution is -0.132. The summed E-state index contributed by atoms with van der Waals surface area (Å²) in [6, 6.07) is 7.64. The van der Waals surface area contributed by atoms with Gasteiger partial charge in [-0.2, -0.15) is 5.10 Å². The van der Waals surface area contributed by atoms with Crippen molar-refractivity contribution in [3.63, 3.8) is 0 Å². The fourth-order valence-electron chi connectivity index (χ4n) is 3.22. The molecule has 1 aromatic carbocycles. The number of hydrogen-bond acceptors (Lipinski definition) is 4. The first kappa shape index (κ1) is 17.0. The van der Waals surface area contributed by atoms with Crippen molar-refractivity contribution in [2.45, 2.75) is 39.4 Å². The summed E-state index contributed by atoms with van der Waals surface area (Å²) in [5, 5.41) is 6.28. The molecule has 2 aliphatic heterocycles. The Morgan fingerprint density at radius 2 is 1.92 bits per heavy atom. The van der Waals surface area contributed by atoms with E-state index < -0.39 is 11.7 Å². The minimum absolute atomic E-state index is 0.149. The first-order valence-electron chi connectivity index (χ1n) is 7.44. The lowest BCUT2D eigenvalue weighted by atomic mass is 10.0. The third kappa shape index (κ3) is 2.36. The molecule has 2 amide bonds. The van der Waals surface area contributed by atoms with Crippen LogP contribution >= 0.6 is 28.1 Å². The van der Waals surface area contributed by atoms with Gasteiger partial charge < -0.3 is 0 Å². The van der Waals surface area contributed by atoms with Crippen LogP contribution in [-0.4, -0.2) is 43.1 Å². The molecule has 1 aromatic rings. The van der Waals surface area contributed by atoms with Gasteiger partial charge in [-0.25, -0.2) is 5.01 Å². The van der Waals surface area contributed by atoms with Gasteiger partial charge >= 0.3 is 0 Å². The molecule has 1 atom stereocenters. The Hall–Kier alpha value is -1.80. The third-order valence-electron chi connectivity index (χ3n) is 4.19. The minimum Gasteiger partial charge on any atom is -0.276 e. The Balaban J connectivity index is 2.16. The standard InChI is InChI=1S/C16H17BrN4O2S/c1-9(22)20-15(24)19-13(11-6-5-7-12(17)8-11)21(10(2)23)18-14(19)16(20,3)4/h5-8,13H,1-4H3. The SMILES string of the molecule is CC(=O)N1N=C2N(C(=S)N(C(C)=O)C2(C)C)C1c1cccc(Br)c1. The number of benzene rings is 1. The number of nitrogens with zero attached hydrogens (tertiary/aromatic N) is 4. The molecule has 1 unspecified atom stereocenters. The second kappa shape index (κ2) is 5.63. The van der Waals surface area contributed by atoms with Crippen molar-refractivity contribution in [3.8, 4) is 0 Å². The maximum absolute atomic E-state index is 12.1. The maximum atomic E-state index is 12.1. The second-order valence-corrected chi connectivity index (χ2v) is 7.56. The third-order valence-corrected chi connectivity index (χ3v) is 5.07. The summed E-state index contributed by atoms with van der Waals surface area (Å²) in [7, 11) is 0. The smallest absolute Gasteiger partial charge is 0.241 e. The van der Waals surface area contributed by atoms with Gasteiger partial charge in [-0.1, -0.05) is 28.1 Å². The van der Waals surface area contributed by atoms with Crippen LogP contribution in [0.5, 0.6) is 0 Å². The van der Waals surface area contributed by atoms with E-state index in [0.29, 0.717) is 10.9 Å². The van der Waals surface area contributed by atoms with E-state index in [1.54, 1.807) is 9.80 Å². The van der Waals surface area contributed by atoms with Crippen LogP contribution in [0.25, 0.3) is 0 Å². The molecule has 6 nitrogen and oxygen atoms in total. The summed E-state index contributed by atoms with van der Waals surface area (Å²) >= 11 is 9.01. The van der Waals surface area contributed by atoms with Crippen LogP contribution in [0.1, 0.15) is 39.4 Å². The van der Waals surface area contributed by atoms with Crippen molar-refractivity contribution >= 4 is 50.9 Å². The predicted octanol–water partition coefficient (Wildman–Crippen LogP) is 2.85. The fraction of sp³-hybridized carbons (Fsp3) is 0.375. The highest BCUT2D eigenvalue weighted by Gasteiger charge is 2.56. The van der Waals surface area contributed by atoms with Crippen molar-refractivity contribution in [1.29, 1.82) is 0 Å². The first-order chi connectivity index (χ1) is 11.2. The molecule has 0 radical (unpaired) electrons. The van der Waals surface area contributed by atoms with Gasteiger partial charge in [0.15, 0.2) is 17.1 Å². The molecule has 0 spiro atoms. The zero-order valence-electron chi connectivity index (χ0n) is 13.8. The summed E-state index contributed by atoms with van der Waals surface area (Å²) < 4.78 is 0.893. The molecule has 2 heterocycles. The number of fused-ring (bicyclic) bond motifs is 1. The van der Waals surface area contributed by atoms with Crippen molar-refractivity contribution in [2.24, 2.45) is 5.10 Å². The Morgan fingerprint density at radius 1 is 1.25 bits per heavy atom. The average Bonchev–Trinajstić information content (AvgIpc) is 2.95. The van der Waals surface area contributed by atoms with Crippen LogP contribution in [0.2, 0.25) is 0 Å². The second-order valence-electron chi connectivity index (χ2n) is 6.28. The monoisotopic (exact) mass is 408 g/mol. The van der Waals surface area contributed by atoms with Gasteiger partial charge in [0, 0.05) is 18.3 Å². The normalized spacial score (nSPS) is 21.9. The van der Waals surface area contributed by atoms with Gasteiger partial charge in [0.05, 0.1) is 0 Å². The van der Waals surface area contributed by atoms with E-state index in [2.05, 4.69) is 21.0 Å². The lowest BCUT2D eigenvalue weighted by Crippen LogP contribution is -2.47. The zero-order valence-corrected chi connectivity index (χ0v) is 16.2. The van der Waals surface area contributed by atoms with Crippen molar-refractivity contribution in [3.05, 3.63) is 34.3 Å². The Bertz CT molecular complexity index is 792. The van der Waals surface area contributed by atoms with Crippen LogP contribution < -0.4 is 0 Å². The van der Waals surface area contributed by atoms with Crippen LogP contribution in [0.3, 0.4) is 0 Å². The van der Waals surface area contributed by atoms with Gasteiger partial charge in [-0.3, -0.25) is 19.4 Å². The summed E-state index contributed by atoms with van der Waals surface area (Å²) in [5.74, 6) is 0.266. The van der Waals surface area contributed by atoms with Crippen LogP contribution in [0.4, 0.5) is 0 Å². The largest absolute Gasteiger partial charge is 0.276 e. The first-order valence-corrected chi connectivity index (χ1v) is 8.64. The van der Waals surface area contributed by atoms with E-state index in [9.17, 15) is 9.59 Å². The number of thiocarbonyl (C=S) groups is 1. The number of hydrazone groups is 1. The van der Waals surface area contributed by atoms with Gasteiger partial charge in [0.1, 0.15) is 5.54 Å². The maximum Gasteiger partial charge on any atom is 0.241 e. The molecule has 1 saturated heterocycles. The highest BCUT2D eigenvalue weighted by molar-refractivity contribution is 9.10. The number of amidine groups is 1. The van der Waals surface area contributed by atoms with E-state index in [0.717, 1.165) is 10.0 Å². The predicted molar refractivity (Wildman–Crippen MR) is 97.9 cm³/mol. The van der Waals surface area contributed by atoms with E-state index >= 15 is 0 Å². The van der Waals surface area contributed by atoms with Crippen LogP contribution in [0.15, 0.2) is 33.8 Å². The zero-order chi connectivity index (χ0) is 17.8. The average molecular weight is 409 g/mol. The Labute approximate surface area is 154 Å². The van der Waals surface area contributed by atoms with Crippen LogP contribution in [-0.2, 0) is 9.59 Å². The molecule has 0 aliphatic carbocycles. The number of carbonyl (C=O) groups is 2. The van der Waals surface area contributed by atoms with E-state index in [-0.39, 0.29) is 11.8 Å². The number of hydrogen-bond donors (Lipinski definition) is 0. The van der Waals surface area contributed by atoms with Gasteiger partial charge in [0.25, 0.3) is 0 Å². The molecule has 2 aliphatic rings. The van der Waals surface area contributed by atoms with Crippen molar-refractivity contribution in [2.75, 3.05) is 0 Å². The highest BCUT2D eigenvalue weighted by atomic mass is 79.9. The minimum atomic E-state index is -0.711. The molecule has 0 aromatic heterocycles. The van der Waals surface area contributed by atoms with Gasteiger partial charge in [-0.15, -0.1) is 0 Å². The van der Waals surface area contributed by atoms with E-state index in [1.165, 1.54) is 18.9 Å². The Kier molecular flexibility index (Phi) is 4.00. The lowest BCUT2D eigenvalue weighted by Gasteiger charge is -2.30. The van der Waals surface area contributed by atoms with Crippen molar-refractivity contribution < 1.29 is 9.59 Å². The summed E-state index contributed by atoms with van der Waals surface area (Å²) in [6.07, 6.45) is -0.494. The van der Waals surface area contributed by atoms with Gasteiger partial charge in [-0.05, 0) is 43.8 Å². The molecule has 3 rings (SSSR count). The number of halogens is 1. The number of rotatable bonds is 1. The fourth-order valence-corrected chi connectivity index (χ4v) is 4.18. The number of amides is 2. The van der Waals surface area contributed by atoms with E-state index in [4.69, 9.17) is 12.2 Å². The Morgan fingerprint density at radius 3 is 2.46 bits per heavy atom. The van der Waals surface area contributed by atoms with Gasteiger partial charge in [0.2, 0.25) is 11.8 Å². The topological polar surface area (TPSA) is 56.2 Å². The molecule has 1 fully saturated rings. The molecule has 8 heteroatoms. The number of carbonyl (C=O) groups excluding carboxylic acids is 2. The highest BCUT2D eigenvalue weighted by Crippen LogP contribution is 2.42. The van der Waals surface area contributed by atoms with E-state index in [1.807, 2.05) is 38.1 Å².